The predicted octanol–water partition coefficient (Wildman–Crippen LogP) is 2.31. The Labute approximate surface area is 79.7 Å². The molecule has 0 aromatic heterocycles. The molecule has 0 radical (unpaired) electrons. The zero-order valence-electron chi connectivity index (χ0n) is 8.56. The van der Waals surface area contributed by atoms with Crippen molar-refractivity contribution >= 4 is 5.78 Å². The Morgan fingerprint density at radius 2 is 1.92 bits per heavy atom. The summed E-state index contributed by atoms with van der Waals surface area (Å²) in [6.07, 6.45) is 6.11. The van der Waals surface area contributed by atoms with Gasteiger partial charge in [0.15, 0.2) is 0 Å². The maximum atomic E-state index is 11.9. The van der Waals surface area contributed by atoms with E-state index in [2.05, 4.69) is 6.92 Å². The van der Waals surface area contributed by atoms with Gasteiger partial charge in [-0.25, -0.2) is 0 Å². The normalized spacial score (nSPS) is 44.9. The van der Waals surface area contributed by atoms with Crippen molar-refractivity contribution in [1.82, 2.24) is 0 Å². The fraction of sp³-hybridized carbons (Fsp3) is 0.909. The minimum Gasteiger partial charge on any atom is -0.377 e. The van der Waals surface area contributed by atoms with Crippen molar-refractivity contribution in [3.05, 3.63) is 0 Å². The standard InChI is InChI=1S/C11H18O2/c1-10-6-4-8-11(10,13-2)7-3-5-9(10)12/h3-8H2,1-2H3/t10-,11+/m0/s1. The molecule has 74 valence electrons. The first kappa shape index (κ1) is 9.20. The molecule has 2 nitrogen and oxygen atoms in total. The lowest BCUT2D eigenvalue weighted by molar-refractivity contribution is -0.155. The highest BCUT2D eigenvalue weighted by Gasteiger charge is 2.57. The molecule has 2 heteroatoms. The third-order valence-electron chi connectivity index (χ3n) is 4.25. The maximum Gasteiger partial charge on any atom is 0.141 e. The second-order valence-electron chi connectivity index (χ2n) is 4.66. The zero-order valence-corrected chi connectivity index (χ0v) is 8.56. The van der Waals surface area contributed by atoms with Crippen LogP contribution in [0.1, 0.15) is 45.4 Å². The van der Waals surface area contributed by atoms with E-state index in [1.165, 1.54) is 0 Å². The zero-order chi connectivity index (χ0) is 9.53. The number of fused-ring (bicyclic) bond motifs is 1. The summed E-state index contributed by atoms with van der Waals surface area (Å²) in [5, 5.41) is 0. The van der Waals surface area contributed by atoms with Gasteiger partial charge in [-0.3, -0.25) is 4.79 Å². The van der Waals surface area contributed by atoms with Crippen LogP contribution >= 0.6 is 0 Å². The molecule has 0 spiro atoms. The van der Waals surface area contributed by atoms with Gasteiger partial charge in [0, 0.05) is 13.5 Å². The van der Waals surface area contributed by atoms with Crippen LogP contribution in [0.5, 0.6) is 0 Å². The molecule has 0 aliphatic heterocycles. The van der Waals surface area contributed by atoms with E-state index in [1.54, 1.807) is 7.11 Å². The van der Waals surface area contributed by atoms with E-state index in [4.69, 9.17) is 4.74 Å². The summed E-state index contributed by atoms with van der Waals surface area (Å²) in [7, 11) is 1.77. The molecule has 2 fully saturated rings. The molecule has 2 atom stereocenters. The Balaban J connectivity index is 2.37. The number of ketones is 1. The van der Waals surface area contributed by atoms with Gasteiger partial charge in [-0.1, -0.05) is 0 Å². The number of Topliss-reactive ketones (excluding diaryl/α,β-unsaturated/α-hetero) is 1. The Kier molecular flexibility index (Phi) is 1.99. The lowest BCUT2D eigenvalue weighted by Crippen LogP contribution is -2.51. The van der Waals surface area contributed by atoms with E-state index in [1.807, 2.05) is 0 Å². The van der Waals surface area contributed by atoms with Gasteiger partial charge in [-0.05, 0) is 39.0 Å². The van der Waals surface area contributed by atoms with E-state index in [-0.39, 0.29) is 11.0 Å². The van der Waals surface area contributed by atoms with E-state index in [0.29, 0.717) is 5.78 Å². The number of hydrogen-bond donors (Lipinski definition) is 0. The number of ether oxygens (including phenoxy) is 1. The van der Waals surface area contributed by atoms with Crippen LogP contribution in [0.15, 0.2) is 0 Å². The summed E-state index contributed by atoms with van der Waals surface area (Å²) < 4.78 is 5.66. The van der Waals surface area contributed by atoms with E-state index in [9.17, 15) is 4.79 Å². The van der Waals surface area contributed by atoms with Crippen LogP contribution in [0.3, 0.4) is 0 Å². The van der Waals surface area contributed by atoms with Gasteiger partial charge in [0.05, 0.1) is 11.0 Å². The molecule has 2 saturated carbocycles. The van der Waals surface area contributed by atoms with Crippen LogP contribution in [-0.2, 0) is 9.53 Å². The van der Waals surface area contributed by atoms with E-state index >= 15 is 0 Å². The fourth-order valence-corrected chi connectivity index (χ4v) is 3.27. The highest BCUT2D eigenvalue weighted by Crippen LogP contribution is 2.54. The van der Waals surface area contributed by atoms with Gasteiger partial charge in [-0.15, -0.1) is 0 Å². The lowest BCUT2D eigenvalue weighted by Gasteiger charge is -2.45. The number of carbonyl (C=O) groups excluding carboxylic acids is 1. The van der Waals surface area contributed by atoms with Crippen molar-refractivity contribution in [3.8, 4) is 0 Å². The Morgan fingerprint density at radius 1 is 1.23 bits per heavy atom. The fourth-order valence-electron chi connectivity index (χ4n) is 3.27. The van der Waals surface area contributed by atoms with Crippen molar-refractivity contribution in [2.45, 2.75) is 51.0 Å². The minimum absolute atomic E-state index is 0.109. The summed E-state index contributed by atoms with van der Waals surface area (Å²) >= 11 is 0. The van der Waals surface area contributed by atoms with E-state index < -0.39 is 0 Å². The van der Waals surface area contributed by atoms with Crippen LogP contribution in [0, 0.1) is 5.41 Å². The number of rotatable bonds is 1. The predicted molar refractivity (Wildman–Crippen MR) is 50.6 cm³/mol. The first-order valence-corrected chi connectivity index (χ1v) is 5.23. The van der Waals surface area contributed by atoms with E-state index in [0.717, 1.165) is 38.5 Å². The third-order valence-corrected chi connectivity index (χ3v) is 4.25. The number of carbonyl (C=O) groups is 1. The molecule has 0 aromatic carbocycles. The largest absolute Gasteiger partial charge is 0.377 e. The molecule has 2 aliphatic rings. The summed E-state index contributed by atoms with van der Waals surface area (Å²) in [5.74, 6) is 0.429. The van der Waals surface area contributed by atoms with Crippen molar-refractivity contribution < 1.29 is 9.53 Å². The average Bonchev–Trinajstić information content (AvgIpc) is 2.46. The van der Waals surface area contributed by atoms with Crippen molar-refractivity contribution in [2.75, 3.05) is 7.11 Å². The summed E-state index contributed by atoms with van der Waals surface area (Å²) in [6.45, 7) is 2.10. The average molecular weight is 182 g/mol. The van der Waals surface area contributed by atoms with Crippen molar-refractivity contribution in [2.24, 2.45) is 5.41 Å². The minimum atomic E-state index is -0.167. The molecular weight excluding hydrogens is 164 g/mol. The van der Waals surface area contributed by atoms with Gasteiger partial charge in [-0.2, -0.15) is 0 Å². The smallest absolute Gasteiger partial charge is 0.141 e. The second kappa shape index (κ2) is 2.81. The van der Waals surface area contributed by atoms with Crippen molar-refractivity contribution in [1.29, 1.82) is 0 Å². The second-order valence-corrected chi connectivity index (χ2v) is 4.66. The quantitative estimate of drug-likeness (QED) is 0.622. The van der Waals surface area contributed by atoms with Crippen LogP contribution < -0.4 is 0 Å². The molecular formula is C11H18O2. The maximum absolute atomic E-state index is 11.9. The molecule has 0 amide bonds. The van der Waals surface area contributed by atoms with Crippen LogP contribution in [0.2, 0.25) is 0 Å². The Morgan fingerprint density at radius 3 is 2.54 bits per heavy atom. The molecule has 13 heavy (non-hydrogen) atoms. The lowest BCUT2D eigenvalue weighted by atomic mass is 9.65. The SMILES string of the molecule is CO[C@@]12CCCC(=O)[C@]1(C)CCC2. The third kappa shape index (κ3) is 1.01. The van der Waals surface area contributed by atoms with Gasteiger partial charge < -0.3 is 4.74 Å². The van der Waals surface area contributed by atoms with Crippen LogP contribution in [0.25, 0.3) is 0 Å². The van der Waals surface area contributed by atoms with Gasteiger partial charge >= 0.3 is 0 Å². The highest BCUT2D eigenvalue weighted by atomic mass is 16.5. The monoisotopic (exact) mass is 182 g/mol. The van der Waals surface area contributed by atoms with Crippen LogP contribution in [0.4, 0.5) is 0 Å². The topological polar surface area (TPSA) is 26.3 Å². The summed E-state index contributed by atoms with van der Waals surface area (Å²) in [6, 6.07) is 0. The van der Waals surface area contributed by atoms with Gasteiger partial charge in [0.25, 0.3) is 0 Å². The summed E-state index contributed by atoms with van der Waals surface area (Å²) in [4.78, 5) is 11.9. The molecule has 2 aliphatic carbocycles. The molecule has 0 heterocycles. The molecule has 0 unspecified atom stereocenters. The summed E-state index contributed by atoms with van der Waals surface area (Å²) in [5.41, 5.74) is -0.275. The molecule has 0 N–H and O–H groups in total. The van der Waals surface area contributed by atoms with Gasteiger partial charge in [0.1, 0.15) is 5.78 Å². The Hall–Kier alpha value is -0.370. The molecule has 0 bridgehead atoms. The first-order valence-electron chi connectivity index (χ1n) is 5.23. The van der Waals surface area contributed by atoms with Gasteiger partial charge in [0.2, 0.25) is 0 Å². The van der Waals surface area contributed by atoms with Crippen molar-refractivity contribution in [3.63, 3.8) is 0 Å². The first-order chi connectivity index (χ1) is 6.15. The van der Waals surface area contributed by atoms with Crippen LogP contribution in [-0.4, -0.2) is 18.5 Å². The Bertz CT molecular complexity index is 236. The number of methoxy groups -OCH3 is 1. The molecule has 2 rings (SSSR count). The highest BCUT2D eigenvalue weighted by molar-refractivity contribution is 5.87. The molecule has 0 aromatic rings. The number of hydrogen-bond acceptors (Lipinski definition) is 2. The molecule has 0 saturated heterocycles.